The van der Waals surface area contributed by atoms with E-state index in [1.165, 1.54) is 21.9 Å². The quantitative estimate of drug-likeness (QED) is 0.170. The third-order valence-electron chi connectivity index (χ3n) is 17.9. The summed E-state index contributed by atoms with van der Waals surface area (Å²) in [5, 5.41) is 11.6. The predicted molar refractivity (Wildman–Crippen MR) is 280 cm³/mol. The number of ether oxygens (including phenoxy) is 2. The van der Waals surface area contributed by atoms with Gasteiger partial charge in [0.25, 0.3) is 0 Å². The van der Waals surface area contributed by atoms with Crippen LogP contribution in [0.2, 0.25) is 0 Å². The lowest BCUT2D eigenvalue weighted by Gasteiger charge is -2.37. The Morgan fingerprint density at radius 1 is 0.553 bits per heavy atom. The van der Waals surface area contributed by atoms with Gasteiger partial charge in [-0.25, -0.2) is 27.2 Å². The first-order valence-electron chi connectivity index (χ1n) is 27.1. The van der Waals surface area contributed by atoms with Gasteiger partial charge in [0.2, 0.25) is 23.6 Å². The number of hydrogen-bond donors (Lipinski definition) is 4. The number of likely N-dealkylation sites (tertiary alicyclic amines) is 2. The number of hydrogen-bond acceptors (Lipinski definition) is 8. The summed E-state index contributed by atoms with van der Waals surface area (Å²) in [6.45, 7) is 10.9. The molecule has 2 aromatic carbocycles. The Labute approximate surface area is 459 Å². The molecule has 416 valence electrons. The van der Waals surface area contributed by atoms with Crippen molar-refractivity contribution in [1.29, 1.82) is 0 Å². The van der Waals surface area contributed by atoms with Crippen LogP contribution in [0.25, 0.3) is 0 Å². The first kappa shape index (κ1) is 56.3. The van der Waals surface area contributed by atoms with Crippen LogP contribution < -0.4 is 21.3 Å². The van der Waals surface area contributed by atoms with E-state index in [1.54, 1.807) is 65.8 Å². The summed E-state index contributed by atoms with van der Waals surface area (Å²) in [4.78, 5) is 81.5. The smallest absolute Gasteiger partial charge is 0.410 e. The summed E-state index contributed by atoms with van der Waals surface area (Å²) in [6.07, 6.45) is 4.20. The van der Waals surface area contributed by atoms with E-state index in [0.717, 1.165) is 51.4 Å². The molecule has 6 amide bonds. The highest BCUT2D eigenvalue weighted by Crippen LogP contribution is 2.75. The minimum Gasteiger partial charge on any atom is -0.444 e. The van der Waals surface area contributed by atoms with Gasteiger partial charge in [-0.3, -0.25) is 19.2 Å². The number of alkyl halides is 2. The third kappa shape index (κ3) is 11.6. The fraction of sp³-hybridized carbons (Fsp3) is 0.679. The van der Waals surface area contributed by atoms with E-state index in [1.807, 2.05) is 0 Å². The second kappa shape index (κ2) is 21.6. The van der Waals surface area contributed by atoms with Crippen molar-refractivity contribution in [1.82, 2.24) is 31.1 Å². The van der Waals surface area contributed by atoms with Gasteiger partial charge in [0.1, 0.15) is 35.2 Å². The molecule has 76 heavy (non-hydrogen) atoms. The zero-order chi connectivity index (χ0) is 54.8. The van der Waals surface area contributed by atoms with Crippen molar-refractivity contribution < 1.29 is 55.8 Å². The second-order valence-corrected chi connectivity index (χ2v) is 26.6. The lowest BCUT2D eigenvalue weighted by atomic mass is 9.78. The molecule has 12 atom stereocenters. The molecule has 6 aliphatic carbocycles. The van der Waals surface area contributed by atoms with Crippen molar-refractivity contribution in [2.75, 3.05) is 26.2 Å². The lowest BCUT2D eigenvalue weighted by molar-refractivity contribution is -0.138. The van der Waals surface area contributed by atoms with Gasteiger partial charge in [-0.15, -0.1) is 0 Å². The van der Waals surface area contributed by atoms with E-state index < -0.39 is 83.1 Å². The molecule has 0 radical (unpaired) electrons. The van der Waals surface area contributed by atoms with Gasteiger partial charge in [0.15, 0.2) is 0 Å². The van der Waals surface area contributed by atoms with Crippen LogP contribution in [0.5, 0.6) is 0 Å². The second-order valence-electron chi connectivity index (χ2n) is 24.7. The molecule has 2 spiro atoms. The van der Waals surface area contributed by atoms with Crippen molar-refractivity contribution >= 4 is 67.7 Å². The maximum absolute atomic E-state index is 15.1. The standard InChI is InChI=1S/2C28H36BrF2N3O4/c2*1-27(2,3)38-26(37)34-11-8-21(20(31)14-34)33-25(36)23-18-7-6-17(28(18)9-10-28)22(23)24(35)32-13-15-4-5-16(29)12-19(15)30/h2*4-5,12,17-18,20-23H,6-11,13-14H2,1-3H3,(H,32,35)(H,33,36)/t17?,18-,20+,21+,22-,23-;17?,18-,20-,21-,22-,23-/m11/s1. The molecule has 2 saturated heterocycles. The molecule has 2 aliphatic heterocycles. The molecule has 4 bridgehead atoms. The van der Waals surface area contributed by atoms with Gasteiger partial charge in [-0.05, 0) is 165 Å². The van der Waals surface area contributed by atoms with E-state index in [0.29, 0.717) is 20.1 Å². The number of nitrogens with zero attached hydrogens (tertiary/aromatic N) is 2. The predicted octanol–water partition coefficient (Wildman–Crippen LogP) is 9.44. The molecule has 2 aromatic rings. The van der Waals surface area contributed by atoms with Crippen molar-refractivity contribution in [3.05, 3.63) is 68.1 Å². The van der Waals surface area contributed by atoms with Crippen LogP contribution in [-0.2, 0) is 41.7 Å². The first-order chi connectivity index (χ1) is 35.8. The van der Waals surface area contributed by atoms with Crippen LogP contribution in [0.3, 0.4) is 0 Å². The van der Waals surface area contributed by atoms with Crippen molar-refractivity contribution in [2.45, 2.75) is 154 Å². The molecule has 2 heterocycles. The Kier molecular flexibility index (Phi) is 16.0. The van der Waals surface area contributed by atoms with Gasteiger partial charge < -0.3 is 40.5 Å². The van der Waals surface area contributed by atoms with Crippen LogP contribution in [0, 0.1) is 69.8 Å². The van der Waals surface area contributed by atoms with Crippen LogP contribution in [0.1, 0.15) is 117 Å². The lowest BCUT2D eigenvalue weighted by Crippen LogP contribution is -2.56. The normalized spacial score (nSPS) is 31.3. The number of rotatable bonds is 10. The fourth-order valence-electron chi connectivity index (χ4n) is 14.3. The van der Waals surface area contributed by atoms with E-state index in [-0.39, 0.29) is 110 Å². The molecule has 8 aliphatic rings. The van der Waals surface area contributed by atoms with E-state index >= 15 is 8.78 Å². The fourth-order valence-corrected chi connectivity index (χ4v) is 15.0. The summed E-state index contributed by atoms with van der Waals surface area (Å²) in [5.41, 5.74) is -0.530. The van der Waals surface area contributed by atoms with E-state index in [4.69, 9.17) is 9.47 Å². The summed E-state index contributed by atoms with van der Waals surface area (Å²) >= 11 is 6.48. The van der Waals surface area contributed by atoms with Gasteiger partial charge in [0, 0.05) is 46.3 Å². The van der Waals surface area contributed by atoms with Crippen LogP contribution in [-0.4, -0.2) is 107 Å². The summed E-state index contributed by atoms with van der Waals surface area (Å²) in [5.74, 6) is -3.46. The first-order valence-corrected chi connectivity index (χ1v) is 28.7. The van der Waals surface area contributed by atoms with E-state index in [2.05, 4.69) is 53.1 Å². The van der Waals surface area contributed by atoms with Crippen molar-refractivity contribution in [3.63, 3.8) is 0 Å². The van der Waals surface area contributed by atoms with E-state index in [9.17, 15) is 37.5 Å². The molecule has 4 N–H and O–H groups in total. The average Bonchev–Trinajstić information content (AvgIpc) is 4.24. The Balaban J connectivity index is 0.000000186. The van der Waals surface area contributed by atoms with Gasteiger partial charge in [-0.1, -0.05) is 44.0 Å². The van der Waals surface area contributed by atoms with Crippen LogP contribution >= 0.6 is 31.9 Å². The highest BCUT2D eigenvalue weighted by molar-refractivity contribution is 9.10. The summed E-state index contributed by atoms with van der Waals surface area (Å²) in [7, 11) is 0. The van der Waals surface area contributed by atoms with Gasteiger partial charge in [0.05, 0.1) is 48.8 Å². The molecular weight excluding hydrogens is 1120 g/mol. The Hall–Kier alpha value is -4.46. The molecule has 2 unspecified atom stereocenters. The van der Waals surface area contributed by atoms with Crippen molar-refractivity contribution in [2.24, 2.45) is 58.2 Å². The molecule has 10 rings (SSSR count). The van der Waals surface area contributed by atoms with Crippen LogP contribution in [0.4, 0.5) is 27.2 Å². The minimum absolute atomic E-state index is 0.0298. The third-order valence-corrected chi connectivity index (χ3v) is 18.9. The maximum atomic E-state index is 15.1. The largest absolute Gasteiger partial charge is 0.444 e. The summed E-state index contributed by atoms with van der Waals surface area (Å²) in [6, 6.07) is 7.95. The maximum Gasteiger partial charge on any atom is 0.410 e. The Morgan fingerprint density at radius 2 is 0.882 bits per heavy atom. The van der Waals surface area contributed by atoms with Gasteiger partial charge in [-0.2, -0.15) is 0 Å². The number of benzene rings is 2. The van der Waals surface area contributed by atoms with Crippen molar-refractivity contribution in [3.8, 4) is 0 Å². The average molecular weight is 1190 g/mol. The molecular formula is C56H72Br2F4N6O8. The Morgan fingerprint density at radius 3 is 1.17 bits per heavy atom. The van der Waals surface area contributed by atoms with Gasteiger partial charge >= 0.3 is 12.2 Å². The molecule has 20 heteroatoms. The molecule has 6 saturated carbocycles. The number of amides is 6. The number of nitrogens with one attached hydrogen (secondary N) is 4. The molecule has 0 aromatic heterocycles. The SMILES string of the molecule is CC(C)(C)OC(=O)N1CC[C@@H](NC(=O)[C@H]2[C@H](C(=O)NCc3ccc(Br)cc3F)C3CC[C@H]2C32CC2)[C@H](F)C1.CC(C)(C)OC(=O)N1CC[C@H](NC(=O)[C@H]2[C@H](C(=O)NCc3ccc(Br)cc3F)C3CC[C@H]2C32CC2)[C@@H](F)C1. The molecule has 14 nitrogen and oxygen atoms in total. The Bertz CT molecular complexity index is 2420. The number of halogens is 6. The minimum atomic E-state index is -1.43. The zero-order valence-electron chi connectivity index (χ0n) is 44.1. The molecule has 8 fully saturated rings. The zero-order valence-corrected chi connectivity index (χ0v) is 47.3. The highest BCUT2D eigenvalue weighted by atomic mass is 79.9. The number of carbonyl (C=O) groups excluding carboxylic acids is 6. The van der Waals surface area contributed by atoms with Crippen LogP contribution in [0.15, 0.2) is 45.3 Å². The highest BCUT2D eigenvalue weighted by Gasteiger charge is 2.73. The summed E-state index contributed by atoms with van der Waals surface area (Å²) < 4.78 is 70.8. The monoisotopic (exact) mass is 1190 g/mol. The number of piperidine rings is 2. The topological polar surface area (TPSA) is 175 Å². The number of carbonyl (C=O) groups is 6.